The Kier molecular flexibility index (Phi) is 23.9. The van der Waals surface area contributed by atoms with Gasteiger partial charge < -0.3 is 54.8 Å². The molecule has 0 spiro atoms. The number of hydrogen-bond donors (Lipinski definition) is 5. The van der Waals surface area contributed by atoms with Crippen molar-refractivity contribution in [1.82, 2.24) is 79.0 Å². The van der Waals surface area contributed by atoms with E-state index >= 15 is 0 Å². The number of aryl methyl sites for hydroxylation is 6. The van der Waals surface area contributed by atoms with Gasteiger partial charge >= 0.3 is 0 Å². The molecule has 0 saturated heterocycles. The number of benzene rings is 5. The Hall–Kier alpha value is -15.2. The van der Waals surface area contributed by atoms with E-state index in [-0.39, 0.29) is 12.7 Å². The average molecular weight is 1700 g/mol. The number of pyridine rings is 5. The highest BCUT2D eigenvalue weighted by atomic mass is 16.5. The summed E-state index contributed by atoms with van der Waals surface area (Å²) >= 11 is 0. The summed E-state index contributed by atoms with van der Waals surface area (Å²) in [6.07, 6.45) is 13.8. The number of unbranched alkanes of at least 4 members (excludes halogenated alkanes) is 1. The maximum absolute atomic E-state index is 5.90. The molecule has 5 aliphatic heterocycles. The van der Waals surface area contributed by atoms with Crippen LogP contribution in [0.1, 0.15) is 128 Å². The summed E-state index contributed by atoms with van der Waals surface area (Å²) in [5.74, 6) is 9.22. The summed E-state index contributed by atoms with van der Waals surface area (Å²) in [4.78, 5) is 44.9. The van der Waals surface area contributed by atoms with Crippen molar-refractivity contribution >= 4 is 112 Å². The second-order valence-electron chi connectivity index (χ2n) is 32.4. The number of nitrogens with zero attached hydrogens (tertiary/aromatic N) is 21. The summed E-state index contributed by atoms with van der Waals surface area (Å²) < 4.78 is 43.6. The van der Waals surface area contributed by atoms with Crippen molar-refractivity contribution in [3.63, 3.8) is 0 Å². The first kappa shape index (κ1) is 82.7. The Bertz CT molecular complexity index is 6790. The zero-order chi connectivity index (χ0) is 87.2. The standard InChI is InChI=1S/C20H18N6O2.C19H19N5O.2C19H21N5O.C18H19N5O/c1-12-8-15(28-25-12)11-27-20-16-6-5-14(9-17(16)26(2)24-20)23-19-18-13(10-22-19)4-3-7-21-18;1-24-16-9-14(22-18-17-13(10-21-18)3-2-8-20-17)6-7-15(16)19(23-24)25-11-12-4-5-12;1-12(2)11-25-19-15-7-6-14(9-16(15)24(3)23-19)22-18-17-13(10-21-18)5-4-8-20-17;1-3-4-10-25-19-15-8-7-14(11-16(15)24(2)23-19)22-18-17-13(12-21-18)6-5-9-20-17;1-11(2)24-18-14-7-6-13(9-15(14)23(3)22-18)21-17-16-12(10-20-17)5-4-8-19-16/h3-9H,10-11H2,1-2H3,(H,22,23);2-3,6-9,12H,4-5,10-11H2,1H3,(H,21,22);4-9,12H,10-11H2,1-3H3,(H,21,22);5-9,11H,3-4,10,12H2,1-2H3,(H,21,22);4-9,11H,10H2,1-3H3,(H,20,21). The van der Waals surface area contributed by atoms with Gasteiger partial charge in [0, 0.05) is 129 Å². The van der Waals surface area contributed by atoms with E-state index in [0.717, 1.165) is 199 Å². The molecule has 127 heavy (non-hydrogen) atoms. The van der Waals surface area contributed by atoms with E-state index in [1.165, 1.54) is 12.8 Å². The predicted octanol–water partition coefficient (Wildman–Crippen LogP) is 16.4. The molecule has 644 valence electrons. The Morgan fingerprint density at radius 3 is 1.01 bits per heavy atom. The van der Waals surface area contributed by atoms with Crippen LogP contribution < -0.4 is 50.3 Å². The molecule has 32 heteroatoms. The molecular formula is C95H98N26O6. The van der Waals surface area contributed by atoms with E-state index < -0.39 is 0 Å². The summed E-state index contributed by atoms with van der Waals surface area (Å²) in [7, 11) is 9.62. The van der Waals surface area contributed by atoms with Crippen molar-refractivity contribution in [3.05, 3.63) is 256 Å². The number of hydrogen-bond acceptors (Lipinski definition) is 27. The maximum atomic E-state index is 5.90. The van der Waals surface area contributed by atoms with Gasteiger partial charge in [0.15, 0.2) is 41.5 Å². The molecule has 0 radical (unpaired) electrons. The van der Waals surface area contributed by atoms with Gasteiger partial charge in [0.1, 0.15) is 28.5 Å². The van der Waals surface area contributed by atoms with E-state index in [0.29, 0.717) is 87.1 Å². The second kappa shape index (κ2) is 36.7. The molecule has 5 aromatic carbocycles. The summed E-state index contributed by atoms with van der Waals surface area (Å²) in [5.41, 5.74) is 21.0. The first-order valence-electron chi connectivity index (χ1n) is 42.7. The van der Waals surface area contributed by atoms with Crippen LogP contribution in [-0.4, -0.2) is 134 Å². The zero-order valence-electron chi connectivity index (χ0n) is 72.7. The zero-order valence-corrected chi connectivity index (χ0v) is 72.7. The van der Waals surface area contributed by atoms with E-state index in [9.17, 15) is 0 Å². The van der Waals surface area contributed by atoms with Gasteiger partial charge in [-0.3, -0.25) is 73.3 Å². The highest BCUT2D eigenvalue weighted by Crippen LogP contribution is 2.37. The van der Waals surface area contributed by atoms with Gasteiger partial charge in [0.2, 0.25) is 29.4 Å². The third kappa shape index (κ3) is 18.5. The lowest BCUT2D eigenvalue weighted by molar-refractivity contribution is 0.233. The molecule has 16 heterocycles. The van der Waals surface area contributed by atoms with Gasteiger partial charge in [0.25, 0.3) is 0 Å². The maximum Gasteiger partial charge on any atom is 0.241 e. The van der Waals surface area contributed by atoms with Gasteiger partial charge in [0.05, 0.1) is 119 Å². The highest BCUT2D eigenvalue weighted by molar-refractivity contribution is 6.13. The number of fused-ring (bicyclic) bond motifs is 10. The summed E-state index contributed by atoms with van der Waals surface area (Å²) in [5, 5.41) is 48.2. The second-order valence-corrected chi connectivity index (χ2v) is 32.4. The highest BCUT2D eigenvalue weighted by Gasteiger charge is 2.27. The third-order valence-corrected chi connectivity index (χ3v) is 21.8. The van der Waals surface area contributed by atoms with E-state index in [1.54, 1.807) is 35.7 Å². The van der Waals surface area contributed by atoms with Crippen molar-refractivity contribution in [3.8, 4) is 29.4 Å². The molecule has 32 nitrogen and oxygen atoms in total. The fraction of sp³-hybridized carbons (Fsp3) is 0.284. The minimum Gasteiger partial charge on any atom is -0.476 e. The van der Waals surface area contributed by atoms with E-state index in [1.807, 2.05) is 178 Å². The lowest BCUT2D eigenvalue weighted by Crippen LogP contribution is -2.13. The van der Waals surface area contributed by atoms with Crippen LogP contribution in [0.4, 0.5) is 28.4 Å². The molecule has 0 unspecified atom stereocenters. The molecule has 5 N–H and O–H groups in total. The lowest BCUT2D eigenvalue weighted by Gasteiger charge is -2.08. The van der Waals surface area contributed by atoms with Crippen LogP contribution in [0, 0.1) is 18.8 Å². The number of nitrogens with one attached hydrogen (secondary N) is 5. The molecule has 1 fully saturated rings. The monoisotopic (exact) mass is 1700 g/mol. The molecule has 16 aromatic rings. The SMILES string of the molecule is CC(C)COc1nn(C)c2cc(NC3=NCc4cccnc43)ccc12.CC(C)Oc1nn(C)c2cc(NC3=NCc4cccnc43)ccc12.CCCCOc1nn(C)c2cc(NC3=NCc4cccnc43)ccc12.Cc1cc(COc2nn(C)c3cc(NC4=NCc5cccnc54)ccc23)on1.Cn1nc(OCC2CC2)c2ccc(NC3=NCc4cccnc43)cc21. The van der Waals surface area contributed by atoms with Crippen LogP contribution in [-0.2, 0) is 74.6 Å². The Morgan fingerprint density at radius 1 is 0.386 bits per heavy atom. The van der Waals surface area contributed by atoms with Crippen LogP contribution in [0.2, 0.25) is 0 Å². The smallest absolute Gasteiger partial charge is 0.241 e. The molecule has 11 aromatic heterocycles. The van der Waals surface area contributed by atoms with Gasteiger partial charge in [-0.2, -0.15) is 0 Å². The number of amidine groups is 5. The van der Waals surface area contributed by atoms with Crippen LogP contribution in [0.15, 0.2) is 218 Å². The third-order valence-electron chi connectivity index (χ3n) is 21.8. The molecule has 22 rings (SSSR count). The molecular weight excluding hydrogens is 1600 g/mol. The van der Waals surface area contributed by atoms with Crippen LogP contribution >= 0.6 is 0 Å². The van der Waals surface area contributed by atoms with Crippen molar-refractivity contribution in [2.24, 2.45) is 72.0 Å². The van der Waals surface area contributed by atoms with Gasteiger partial charge in [-0.05, 0) is 173 Å². The quantitative estimate of drug-likeness (QED) is 0.0442. The van der Waals surface area contributed by atoms with Crippen LogP contribution in [0.5, 0.6) is 29.4 Å². The number of aliphatic imine (C=N–C) groups is 5. The number of aromatic nitrogens is 16. The minimum absolute atomic E-state index is 0.0938. The number of ether oxygens (including phenoxy) is 5. The number of anilines is 5. The largest absolute Gasteiger partial charge is 0.476 e. The minimum atomic E-state index is 0.0938. The average Bonchev–Trinajstić information content (AvgIpc) is 1.65. The fourth-order valence-electron chi connectivity index (χ4n) is 15.2. The first-order chi connectivity index (χ1) is 61.9. The Balaban J connectivity index is 0.000000108. The van der Waals surface area contributed by atoms with E-state index in [2.05, 4.69) is 182 Å². The van der Waals surface area contributed by atoms with Gasteiger partial charge in [-0.15, -0.1) is 25.5 Å². The van der Waals surface area contributed by atoms with Gasteiger partial charge in [-0.25, -0.2) is 0 Å². The van der Waals surface area contributed by atoms with Crippen molar-refractivity contribution in [2.75, 3.05) is 46.4 Å². The van der Waals surface area contributed by atoms with E-state index in [4.69, 9.17) is 28.2 Å². The molecule has 0 amide bonds. The van der Waals surface area contributed by atoms with Crippen molar-refractivity contribution in [2.45, 2.75) is 113 Å². The molecule has 0 bridgehead atoms. The summed E-state index contributed by atoms with van der Waals surface area (Å²) in [6, 6.07) is 52.4. The predicted molar refractivity (Wildman–Crippen MR) is 494 cm³/mol. The molecule has 0 atom stereocenters. The molecule has 6 aliphatic rings. The lowest BCUT2D eigenvalue weighted by atomic mass is 10.2. The van der Waals surface area contributed by atoms with Crippen molar-refractivity contribution in [1.29, 1.82) is 0 Å². The Morgan fingerprint density at radius 2 is 0.701 bits per heavy atom. The summed E-state index contributed by atoms with van der Waals surface area (Å²) in [6.45, 7) is 18.0. The van der Waals surface area contributed by atoms with Crippen molar-refractivity contribution < 1.29 is 28.2 Å². The number of rotatable bonds is 20. The Labute approximate surface area is 732 Å². The fourth-order valence-corrected chi connectivity index (χ4v) is 15.2. The van der Waals surface area contributed by atoms with Gasteiger partial charge in [-0.1, -0.05) is 62.7 Å². The van der Waals surface area contributed by atoms with Crippen LogP contribution in [0.3, 0.4) is 0 Å². The topological polar surface area (TPSA) is 348 Å². The normalized spacial score (nSPS) is 13.6. The molecule has 1 aliphatic carbocycles. The first-order valence-corrected chi connectivity index (χ1v) is 42.7. The molecule has 1 saturated carbocycles. The van der Waals surface area contributed by atoms with Crippen LogP contribution in [0.25, 0.3) is 54.5 Å².